The summed E-state index contributed by atoms with van der Waals surface area (Å²) in [5.41, 5.74) is 0.810. The molecule has 134 valence electrons. The summed E-state index contributed by atoms with van der Waals surface area (Å²) in [5, 5.41) is 2.47. The molecule has 1 saturated heterocycles. The molecule has 0 aliphatic carbocycles. The zero-order chi connectivity index (χ0) is 18.4. The van der Waals surface area contributed by atoms with Crippen molar-refractivity contribution >= 4 is 23.9 Å². The molecule has 2 rings (SSSR count). The lowest BCUT2D eigenvalue weighted by molar-refractivity contribution is -0.138. The lowest BCUT2D eigenvalue weighted by Gasteiger charge is -2.24. The Kier molecular flexibility index (Phi) is 6.10. The summed E-state index contributed by atoms with van der Waals surface area (Å²) in [4.78, 5) is 48.6. The first-order valence-electron chi connectivity index (χ1n) is 7.86. The second kappa shape index (κ2) is 8.27. The summed E-state index contributed by atoms with van der Waals surface area (Å²) < 4.78 is 9.78. The lowest BCUT2D eigenvalue weighted by Crippen LogP contribution is -2.49. The topological polar surface area (TPSA) is 102 Å². The molecular weight excluding hydrogens is 328 g/mol. The quantitative estimate of drug-likeness (QED) is 0.782. The van der Waals surface area contributed by atoms with E-state index < -0.39 is 35.8 Å². The summed E-state index contributed by atoms with van der Waals surface area (Å²) in [7, 11) is 0. The van der Waals surface area contributed by atoms with Crippen molar-refractivity contribution in [3.63, 3.8) is 0 Å². The number of alkyl carbamates (subject to hydrolysis) is 1. The molecule has 8 nitrogen and oxygen atoms in total. The number of ether oxygens (including phenoxy) is 2. The standard InChI is InChI=1S/C17H20N2O6/c1-11(18-16(22)25-10-13-6-4-3-5-7-13)14(12(2)20)15(21)19-8-9-24-17(19)23/h3-7,11,14H,8-10H2,1-2H3,(H,18,22)/t11-,14+/m0/s1. The van der Waals surface area contributed by atoms with E-state index in [4.69, 9.17) is 9.47 Å². The van der Waals surface area contributed by atoms with E-state index in [1.807, 2.05) is 18.2 Å². The largest absolute Gasteiger partial charge is 0.447 e. The second-order valence-corrected chi connectivity index (χ2v) is 5.69. The Labute approximate surface area is 145 Å². The third-order valence-corrected chi connectivity index (χ3v) is 3.79. The number of amides is 3. The molecule has 1 aliphatic rings. The Hall–Kier alpha value is -2.90. The van der Waals surface area contributed by atoms with E-state index in [1.54, 1.807) is 12.1 Å². The second-order valence-electron chi connectivity index (χ2n) is 5.69. The van der Waals surface area contributed by atoms with Gasteiger partial charge in [-0.2, -0.15) is 0 Å². The summed E-state index contributed by atoms with van der Waals surface area (Å²) in [6.45, 7) is 2.99. The highest BCUT2D eigenvalue weighted by Gasteiger charge is 2.39. The maximum atomic E-state index is 12.4. The Morgan fingerprint density at radius 2 is 1.96 bits per heavy atom. The number of hydrogen-bond donors (Lipinski definition) is 1. The van der Waals surface area contributed by atoms with E-state index in [0.717, 1.165) is 10.5 Å². The average Bonchev–Trinajstić information content (AvgIpc) is 2.99. The maximum Gasteiger partial charge on any atom is 0.416 e. The smallest absolute Gasteiger partial charge is 0.416 e. The van der Waals surface area contributed by atoms with Crippen LogP contribution < -0.4 is 5.32 Å². The van der Waals surface area contributed by atoms with Gasteiger partial charge in [0.1, 0.15) is 24.9 Å². The van der Waals surface area contributed by atoms with Crippen molar-refractivity contribution in [2.24, 2.45) is 5.92 Å². The monoisotopic (exact) mass is 348 g/mol. The number of hydrogen-bond acceptors (Lipinski definition) is 6. The van der Waals surface area contributed by atoms with Crippen LogP contribution >= 0.6 is 0 Å². The molecule has 0 bridgehead atoms. The van der Waals surface area contributed by atoms with Crippen molar-refractivity contribution in [3.05, 3.63) is 35.9 Å². The minimum absolute atomic E-state index is 0.0660. The van der Waals surface area contributed by atoms with Crippen LogP contribution in [0.25, 0.3) is 0 Å². The van der Waals surface area contributed by atoms with Crippen molar-refractivity contribution in [2.45, 2.75) is 26.5 Å². The Bertz CT molecular complexity index is 660. The lowest BCUT2D eigenvalue weighted by atomic mass is 9.95. The highest BCUT2D eigenvalue weighted by atomic mass is 16.6. The van der Waals surface area contributed by atoms with Gasteiger partial charge in [-0.15, -0.1) is 0 Å². The Balaban J connectivity index is 1.94. The Morgan fingerprint density at radius 3 is 2.52 bits per heavy atom. The van der Waals surface area contributed by atoms with Gasteiger partial charge in [0.05, 0.1) is 6.54 Å². The van der Waals surface area contributed by atoms with Gasteiger partial charge in [0.2, 0.25) is 5.91 Å². The first-order chi connectivity index (χ1) is 11.9. The van der Waals surface area contributed by atoms with E-state index in [1.165, 1.54) is 13.8 Å². The van der Waals surface area contributed by atoms with Crippen LogP contribution in [-0.4, -0.2) is 48.0 Å². The van der Waals surface area contributed by atoms with Gasteiger partial charge in [-0.25, -0.2) is 14.5 Å². The number of imide groups is 1. The molecule has 0 aromatic heterocycles. The number of benzene rings is 1. The number of nitrogens with one attached hydrogen (secondary N) is 1. The number of carbonyl (C=O) groups excluding carboxylic acids is 4. The molecule has 1 aromatic rings. The summed E-state index contributed by atoms with van der Waals surface area (Å²) in [6, 6.07) is 8.26. The van der Waals surface area contributed by atoms with Gasteiger partial charge in [0, 0.05) is 6.04 Å². The number of nitrogens with zero attached hydrogens (tertiary/aromatic N) is 1. The molecule has 0 radical (unpaired) electrons. The molecule has 3 amide bonds. The van der Waals surface area contributed by atoms with Gasteiger partial charge in [-0.05, 0) is 19.4 Å². The Morgan fingerprint density at radius 1 is 1.28 bits per heavy atom. The number of carbonyl (C=O) groups is 4. The molecule has 8 heteroatoms. The van der Waals surface area contributed by atoms with Crippen LogP contribution in [0.3, 0.4) is 0 Å². The van der Waals surface area contributed by atoms with Gasteiger partial charge < -0.3 is 14.8 Å². The van der Waals surface area contributed by atoms with E-state index in [9.17, 15) is 19.2 Å². The minimum atomic E-state index is -1.19. The third kappa shape index (κ3) is 4.79. The van der Waals surface area contributed by atoms with Crippen molar-refractivity contribution < 1.29 is 28.7 Å². The predicted molar refractivity (Wildman–Crippen MR) is 86.5 cm³/mol. The van der Waals surface area contributed by atoms with E-state index in [-0.39, 0.29) is 19.8 Å². The first kappa shape index (κ1) is 18.4. The fourth-order valence-electron chi connectivity index (χ4n) is 2.54. The first-order valence-corrected chi connectivity index (χ1v) is 7.86. The van der Waals surface area contributed by atoms with Gasteiger partial charge in [-0.3, -0.25) is 9.59 Å². The van der Waals surface area contributed by atoms with Crippen molar-refractivity contribution in [3.8, 4) is 0 Å². The SMILES string of the molecule is CC(=O)[C@H](C(=O)N1CCOC1=O)[C@H](C)NC(=O)OCc1ccccc1. The molecule has 0 spiro atoms. The van der Waals surface area contributed by atoms with Crippen LogP contribution in [-0.2, 0) is 25.7 Å². The van der Waals surface area contributed by atoms with Crippen LogP contribution in [0.1, 0.15) is 19.4 Å². The van der Waals surface area contributed by atoms with Gasteiger partial charge >= 0.3 is 12.2 Å². The zero-order valence-electron chi connectivity index (χ0n) is 14.1. The molecule has 1 aromatic carbocycles. The minimum Gasteiger partial charge on any atom is -0.447 e. The van der Waals surface area contributed by atoms with Crippen LogP contribution in [0.5, 0.6) is 0 Å². The van der Waals surface area contributed by atoms with Gasteiger partial charge in [-0.1, -0.05) is 30.3 Å². The molecule has 1 N–H and O–H groups in total. The molecule has 1 heterocycles. The van der Waals surface area contributed by atoms with Gasteiger partial charge in [0.25, 0.3) is 0 Å². The van der Waals surface area contributed by atoms with Crippen LogP contribution in [0.4, 0.5) is 9.59 Å². The number of cyclic esters (lactones) is 1. The molecule has 1 aliphatic heterocycles. The van der Waals surface area contributed by atoms with E-state index in [2.05, 4.69) is 5.32 Å². The molecule has 0 saturated carbocycles. The summed E-state index contributed by atoms with van der Waals surface area (Å²) in [6.07, 6.45) is -1.53. The molecule has 0 unspecified atom stereocenters. The molecular formula is C17H20N2O6. The van der Waals surface area contributed by atoms with Crippen LogP contribution in [0.15, 0.2) is 30.3 Å². The van der Waals surface area contributed by atoms with E-state index >= 15 is 0 Å². The summed E-state index contributed by atoms with van der Waals surface area (Å²) in [5.74, 6) is -2.33. The van der Waals surface area contributed by atoms with Crippen LogP contribution in [0, 0.1) is 5.92 Å². The fourth-order valence-corrected chi connectivity index (χ4v) is 2.54. The highest BCUT2D eigenvalue weighted by molar-refractivity contribution is 6.06. The van der Waals surface area contributed by atoms with E-state index in [0.29, 0.717) is 0 Å². The summed E-state index contributed by atoms with van der Waals surface area (Å²) >= 11 is 0. The van der Waals surface area contributed by atoms with Crippen LogP contribution in [0.2, 0.25) is 0 Å². The molecule has 25 heavy (non-hydrogen) atoms. The van der Waals surface area contributed by atoms with Gasteiger partial charge in [0.15, 0.2) is 0 Å². The van der Waals surface area contributed by atoms with Crippen molar-refractivity contribution in [1.29, 1.82) is 0 Å². The predicted octanol–water partition coefficient (Wildman–Crippen LogP) is 1.49. The number of ketones is 1. The highest BCUT2D eigenvalue weighted by Crippen LogP contribution is 2.15. The molecule has 2 atom stereocenters. The zero-order valence-corrected chi connectivity index (χ0v) is 14.1. The third-order valence-electron chi connectivity index (χ3n) is 3.79. The number of rotatable bonds is 6. The normalized spacial score (nSPS) is 15.9. The van der Waals surface area contributed by atoms with Crippen molar-refractivity contribution in [2.75, 3.05) is 13.2 Å². The fraction of sp³-hybridized carbons (Fsp3) is 0.412. The molecule has 1 fully saturated rings. The maximum absolute atomic E-state index is 12.4. The number of Topliss-reactive ketones (excluding diaryl/α,β-unsaturated/α-hetero) is 1. The van der Waals surface area contributed by atoms with Crippen molar-refractivity contribution in [1.82, 2.24) is 10.2 Å². The average molecular weight is 348 g/mol.